The zero-order valence-corrected chi connectivity index (χ0v) is 24.2. The van der Waals surface area contributed by atoms with Crippen LogP contribution in [-0.4, -0.2) is 38.4 Å². The standard InChI is InChI=1S/C29H28ClN7O3S/c1-4-11-40-28(38)17(3)23-13-24(37(36-23)19-8-5-16(2)6-9-19)35-29(39)34-22-10-7-18(12-21(22)30)20-14-41-27-25(20)26(31)32-15-33-27/h5-10,12-15,17H,4,11H2,1-3H3,(H2,31,32,33)(H2,34,35,39). The molecule has 2 amide bonds. The van der Waals surface area contributed by atoms with Gasteiger partial charge in [-0.25, -0.2) is 19.4 Å². The molecule has 1 unspecified atom stereocenters. The molecule has 0 aliphatic carbocycles. The molecule has 0 aliphatic rings. The Hall–Kier alpha value is -4.48. The molecule has 1 atom stereocenters. The highest BCUT2D eigenvalue weighted by Crippen LogP contribution is 2.37. The van der Waals surface area contributed by atoms with Crippen molar-refractivity contribution in [3.8, 4) is 16.8 Å². The predicted molar refractivity (Wildman–Crippen MR) is 163 cm³/mol. The van der Waals surface area contributed by atoms with Crippen molar-refractivity contribution < 1.29 is 14.3 Å². The maximum atomic E-state index is 13.1. The third kappa shape index (κ3) is 6.01. The first kappa shape index (κ1) is 28.1. The van der Waals surface area contributed by atoms with Crippen LogP contribution in [0.5, 0.6) is 0 Å². The number of esters is 1. The van der Waals surface area contributed by atoms with Crippen molar-refractivity contribution in [3.05, 3.63) is 76.5 Å². The van der Waals surface area contributed by atoms with Crippen molar-refractivity contribution in [1.29, 1.82) is 0 Å². The molecule has 210 valence electrons. The van der Waals surface area contributed by atoms with Crippen LogP contribution in [0.1, 0.15) is 37.4 Å². The predicted octanol–water partition coefficient (Wildman–Crippen LogP) is 6.79. The van der Waals surface area contributed by atoms with Crippen LogP contribution in [-0.2, 0) is 9.53 Å². The average Bonchev–Trinajstić information content (AvgIpc) is 3.58. The normalized spacial score (nSPS) is 11.8. The summed E-state index contributed by atoms with van der Waals surface area (Å²) < 4.78 is 6.88. The highest BCUT2D eigenvalue weighted by Gasteiger charge is 2.23. The van der Waals surface area contributed by atoms with Crippen molar-refractivity contribution >= 4 is 62.5 Å². The van der Waals surface area contributed by atoms with Gasteiger partial charge >= 0.3 is 12.0 Å². The van der Waals surface area contributed by atoms with E-state index in [1.165, 1.54) is 17.7 Å². The second-order valence-electron chi connectivity index (χ2n) is 9.45. The molecule has 3 aromatic heterocycles. The number of nitrogens with one attached hydrogen (secondary N) is 2. The van der Waals surface area contributed by atoms with E-state index in [1.54, 1.807) is 29.8 Å². The third-order valence-electron chi connectivity index (χ3n) is 6.42. The number of carbonyl (C=O) groups excluding carboxylic acids is 2. The van der Waals surface area contributed by atoms with E-state index < -0.39 is 11.9 Å². The Bertz CT molecular complexity index is 1730. The minimum Gasteiger partial charge on any atom is -0.465 e. The zero-order chi connectivity index (χ0) is 29.1. The van der Waals surface area contributed by atoms with Crippen LogP contribution >= 0.6 is 22.9 Å². The summed E-state index contributed by atoms with van der Waals surface area (Å²) in [5.74, 6) is -0.229. The Kier molecular flexibility index (Phi) is 8.18. The molecule has 41 heavy (non-hydrogen) atoms. The molecule has 0 saturated heterocycles. The maximum absolute atomic E-state index is 13.1. The lowest BCUT2D eigenvalue weighted by Gasteiger charge is -2.12. The van der Waals surface area contributed by atoms with Gasteiger partial charge in [0.25, 0.3) is 0 Å². The number of carbonyl (C=O) groups is 2. The third-order valence-corrected chi connectivity index (χ3v) is 7.62. The van der Waals surface area contributed by atoms with Crippen LogP contribution in [0.4, 0.5) is 22.1 Å². The van der Waals surface area contributed by atoms with Gasteiger partial charge in [-0.1, -0.05) is 42.3 Å². The lowest BCUT2D eigenvalue weighted by atomic mass is 10.1. The molecule has 5 aromatic rings. The smallest absolute Gasteiger partial charge is 0.324 e. The van der Waals surface area contributed by atoms with Crippen molar-refractivity contribution in [3.63, 3.8) is 0 Å². The first-order valence-corrected chi connectivity index (χ1v) is 14.2. The molecule has 3 heterocycles. The molecule has 0 spiro atoms. The quantitative estimate of drug-likeness (QED) is 0.169. The van der Waals surface area contributed by atoms with E-state index in [0.29, 0.717) is 34.6 Å². The fourth-order valence-corrected chi connectivity index (χ4v) is 5.35. The number of nitrogens with two attached hydrogens (primary N) is 1. The molecule has 4 N–H and O–H groups in total. The number of nitrogen functional groups attached to an aromatic ring is 1. The zero-order valence-electron chi connectivity index (χ0n) is 22.6. The van der Waals surface area contributed by atoms with E-state index in [2.05, 4.69) is 25.7 Å². The molecule has 0 aliphatic heterocycles. The fourth-order valence-electron chi connectivity index (χ4n) is 4.20. The number of fused-ring (bicyclic) bond motifs is 1. The van der Waals surface area contributed by atoms with Gasteiger partial charge in [-0.15, -0.1) is 11.3 Å². The highest BCUT2D eigenvalue weighted by atomic mass is 35.5. The van der Waals surface area contributed by atoms with Crippen molar-refractivity contribution in [2.24, 2.45) is 0 Å². The Morgan fingerprint density at radius 2 is 1.90 bits per heavy atom. The van der Waals surface area contributed by atoms with E-state index in [-0.39, 0.29) is 5.97 Å². The number of amides is 2. The second kappa shape index (κ2) is 11.9. The lowest BCUT2D eigenvalue weighted by molar-refractivity contribution is -0.145. The summed E-state index contributed by atoms with van der Waals surface area (Å²) in [6.07, 6.45) is 2.15. The van der Waals surface area contributed by atoms with E-state index in [0.717, 1.165) is 39.0 Å². The largest absolute Gasteiger partial charge is 0.465 e. The minimum absolute atomic E-state index is 0.332. The number of benzene rings is 2. The number of aryl methyl sites for hydroxylation is 1. The molecule has 0 fully saturated rings. The number of thiophene rings is 1. The van der Waals surface area contributed by atoms with Gasteiger partial charge in [-0.05, 0) is 50.1 Å². The highest BCUT2D eigenvalue weighted by molar-refractivity contribution is 7.17. The van der Waals surface area contributed by atoms with E-state index in [4.69, 9.17) is 22.1 Å². The second-order valence-corrected chi connectivity index (χ2v) is 10.7. The number of aromatic nitrogens is 4. The van der Waals surface area contributed by atoms with Crippen LogP contribution in [0.25, 0.3) is 27.0 Å². The maximum Gasteiger partial charge on any atom is 0.324 e. The molecular weight excluding hydrogens is 562 g/mol. The van der Waals surface area contributed by atoms with Crippen LogP contribution < -0.4 is 16.4 Å². The van der Waals surface area contributed by atoms with E-state index in [9.17, 15) is 9.59 Å². The van der Waals surface area contributed by atoms with Gasteiger partial charge in [0.15, 0.2) is 0 Å². The van der Waals surface area contributed by atoms with Crippen LogP contribution in [0.2, 0.25) is 5.02 Å². The Morgan fingerprint density at radius 1 is 1.12 bits per heavy atom. The van der Waals surface area contributed by atoms with Gasteiger partial charge in [-0.3, -0.25) is 10.1 Å². The van der Waals surface area contributed by atoms with Gasteiger partial charge in [0.05, 0.1) is 40.0 Å². The van der Waals surface area contributed by atoms with Crippen LogP contribution in [0, 0.1) is 6.92 Å². The number of halogens is 1. The number of hydrogen-bond acceptors (Lipinski definition) is 8. The number of rotatable bonds is 8. The topological polar surface area (TPSA) is 137 Å². The number of urea groups is 1. The number of nitrogens with zero attached hydrogens (tertiary/aromatic N) is 4. The van der Waals surface area contributed by atoms with Gasteiger partial charge < -0.3 is 15.8 Å². The van der Waals surface area contributed by atoms with Crippen LogP contribution in [0.15, 0.2) is 60.2 Å². The van der Waals surface area contributed by atoms with Gasteiger partial charge in [0.1, 0.15) is 22.8 Å². The molecule has 0 saturated carbocycles. The van der Waals surface area contributed by atoms with Gasteiger partial charge in [0, 0.05) is 17.0 Å². The molecular formula is C29H28ClN7O3S. The molecule has 10 nitrogen and oxygen atoms in total. The molecule has 0 radical (unpaired) electrons. The van der Waals surface area contributed by atoms with E-state index in [1.807, 2.05) is 49.6 Å². The van der Waals surface area contributed by atoms with Crippen molar-refractivity contribution in [2.75, 3.05) is 23.0 Å². The monoisotopic (exact) mass is 589 g/mol. The SMILES string of the molecule is CCCOC(=O)C(C)c1cc(NC(=O)Nc2ccc(-c3csc4ncnc(N)c34)cc2Cl)n(-c2ccc(C)cc2)n1. The Labute approximate surface area is 245 Å². The number of ether oxygens (including phenoxy) is 1. The first-order chi connectivity index (χ1) is 19.7. The minimum atomic E-state index is -0.619. The summed E-state index contributed by atoms with van der Waals surface area (Å²) in [7, 11) is 0. The Morgan fingerprint density at radius 3 is 2.63 bits per heavy atom. The summed E-state index contributed by atoms with van der Waals surface area (Å²) >= 11 is 8.04. The summed E-state index contributed by atoms with van der Waals surface area (Å²) in [6, 6.07) is 14.1. The molecule has 2 aromatic carbocycles. The summed E-state index contributed by atoms with van der Waals surface area (Å²) in [5, 5.41) is 13.3. The fraction of sp³-hybridized carbons (Fsp3) is 0.207. The van der Waals surface area contributed by atoms with Gasteiger partial charge in [-0.2, -0.15) is 5.10 Å². The van der Waals surface area contributed by atoms with Crippen LogP contribution in [0.3, 0.4) is 0 Å². The molecule has 12 heteroatoms. The first-order valence-electron chi connectivity index (χ1n) is 12.9. The number of hydrogen-bond donors (Lipinski definition) is 3. The lowest BCUT2D eigenvalue weighted by Crippen LogP contribution is -2.21. The number of anilines is 3. The average molecular weight is 590 g/mol. The summed E-state index contributed by atoms with van der Waals surface area (Å²) in [4.78, 5) is 34.8. The van der Waals surface area contributed by atoms with Crippen molar-refractivity contribution in [1.82, 2.24) is 19.7 Å². The summed E-state index contributed by atoms with van der Waals surface area (Å²) in [5.41, 5.74) is 10.5. The van der Waals surface area contributed by atoms with E-state index >= 15 is 0 Å². The van der Waals surface area contributed by atoms with Gasteiger partial charge in [0.2, 0.25) is 0 Å². The van der Waals surface area contributed by atoms with Crippen molar-refractivity contribution in [2.45, 2.75) is 33.1 Å². The summed E-state index contributed by atoms with van der Waals surface area (Å²) in [6.45, 7) is 5.97. The molecule has 0 bridgehead atoms. The Balaban J connectivity index is 1.38. The molecule has 5 rings (SSSR count).